The smallest absolute Gasteiger partial charge is 0.156 e. The topological polar surface area (TPSA) is 61.0 Å². The first-order valence-corrected chi connectivity index (χ1v) is 5.60. The minimum absolute atomic E-state index is 0.508. The molecule has 1 rings (SSSR count). The van der Waals surface area contributed by atoms with E-state index in [4.69, 9.17) is 10.5 Å². The summed E-state index contributed by atoms with van der Waals surface area (Å²) < 4.78 is 5.22. The maximum Gasteiger partial charge on any atom is 0.156 e. The predicted molar refractivity (Wildman–Crippen MR) is 58.3 cm³/mol. The van der Waals surface area contributed by atoms with Crippen molar-refractivity contribution in [2.75, 3.05) is 24.7 Å². The van der Waals surface area contributed by atoms with Crippen molar-refractivity contribution in [2.24, 2.45) is 0 Å². The van der Waals surface area contributed by atoms with Crippen LogP contribution in [0.25, 0.3) is 0 Å². The standard InChI is InChI=1S/C9H15N3OS/c1-2-13-6-3-7-14-9-8(10)11-4-5-12-9/h4-5H,2-3,6-7H2,1H3,(H2,10,11). The van der Waals surface area contributed by atoms with Gasteiger partial charge in [0.2, 0.25) is 0 Å². The van der Waals surface area contributed by atoms with Crippen molar-refractivity contribution in [1.29, 1.82) is 0 Å². The van der Waals surface area contributed by atoms with Crippen molar-refractivity contribution in [3.05, 3.63) is 12.4 Å². The third kappa shape index (κ3) is 3.93. The van der Waals surface area contributed by atoms with E-state index in [0.29, 0.717) is 5.82 Å². The summed E-state index contributed by atoms with van der Waals surface area (Å²) in [7, 11) is 0. The first-order valence-electron chi connectivity index (χ1n) is 4.61. The monoisotopic (exact) mass is 213 g/mol. The van der Waals surface area contributed by atoms with E-state index in [0.717, 1.165) is 30.4 Å². The Morgan fingerprint density at radius 2 is 2.21 bits per heavy atom. The molecule has 0 amide bonds. The Morgan fingerprint density at radius 1 is 1.43 bits per heavy atom. The van der Waals surface area contributed by atoms with E-state index >= 15 is 0 Å². The number of aromatic nitrogens is 2. The summed E-state index contributed by atoms with van der Waals surface area (Å²) in [6, 6.07) is 0. The van der Waals surface area contributed by atoms with Gasteiger partial charge in [0.25, 0.3) is 0 Å². The molecule has 0 atom stereocenters. The molecule has 1 aromatic heterocycles. The zero-order valence-corrected chi connectivity index (χ0v) is 9.09. The molecule has 0 aliphatic carbocycles. The van der Waals surface area contributed by atoms with Crippen molar-refractivity contribution < 1.29 is 4.74 Å². The predicted octanol–water partition coefficient (Wildman–Crippen LogP) is 1.58. The Bertz CT molecular complexity index is 270. The SMILES string of the molecule is CCOCCCSc1nccnc1N. The van der Waals surface area contributed by atoms with E-state index < -0.39 is 0 Å². The lowest BCUT2D eigenvalue weighted by Gasteiger charge is -2.02. The molecule has 0 aromatic carbocycles. The second-order valence-corrected chi connectivity index (χ2v) is 3.73. The molecular formula is C9H15N3OS. The zero-order valence-electron chi connectivity index (χ0n) is 8.27. The number of hydrogen-bond acceptors (Lipinski definition) is 5. The summed E-state index contributed by atoms with van der Waals surface area (Å²) in [5, 5.41) is 0.809. The average Bonchev–Trinajstić information content (AvgIpc) is 2.20. The van der Waals surface area contributed by atoms with Crippen LogP contribution in [0.5, 0.6) is 0 Å². The molecule has 0 aliphatic heterocycles. The highest BCUT2D eigenvalue weighted by Crippen LogP contribution is 2.19. The highest BCUT2D eigenvalue weighted by molar-refractivity contribution is 7.99. The molecule has 2 N–H and O–H groups in total. The van der Waals surface area contributed by atoms with Gasteiger partial charge in [-0.1, -0.05) is 0 Å². The lowest BCUT2D eigenvalue weighted by atomic mass is 10.5. The molecule has 0 spiro atoms. The van der Waals surface area contributed by atoms with E-state index in [1.54, 1.807) is 24.2 Å². The molecule has 1 heterocycles. The number of anilines is 1. The van der Waals surface area contributed by atoms with E-state index in [1.807, 2.05) is 6.92 Å². The highest BCUT2D eigenvalue weighted by Gasteiger charge is 2.00. The number of ether oxygens (including phenoxy) is 1. The van der Waals surface area contributed by atoms with Crippen LogP contribution >= 0.6 is 11.8 Å². The Balaban J connectivity index is 2.21. The normalized spacial score (nSPS) is 10.4. The largest absolute Gasteiger partial charge is 0.382 e. The van der Waals surface area contributed by atoms with Gasteiger partial charge in [-0.05, 0) is 13.3 Å². The van der Waals surface area contributed by atoms with E-state index in [9.17, 15) is 0 Å². The van der Waals surface area contributed by atoms with Gasteiger partial charge >= 0.3 is 0 Å². The second-order valence-electron chi connectivity index (χ2n) is 2.65. The van der Waals surface area contributed by atoms with Gasteiger partial charge in [-0.2, -0.15) is 0 Å². The van der Waals surface area contributed by atoms with Crippen LogP contribution in [0, 0.1) is 0 Å². The minimum Gasteiger partial charge on any atom is -0.382 e. The second kappa shape index (κ2) is 6.62. The quantitative estimate of drug-likeness (QED) is 0.574. The zero-order chi connectivity index (χ0) is 10.2. The van der Waals surface area contributed by atoms with Crippen LogP contribution in [0.15, 0.2) is 17.4 Å². The number of rotatable bonds is 6. The van der Waals surface area contributed by atoms with Crippen LogP contribution in [0.3, 0.4) is 0 Å². The molecule has 0 unspecified atom stereocenters. The van der Waals surface area contributed by atoms with E-state index in [-0.39, 0.29) is 0 Å². The summed E-state index contributed by atoms with van der Waals surface area (Å²) in [4.78, 5) is 8.09. The minimum atomic E-state index is 0.508. The lowest BCUT2D eigenvalue weighted by molar-refractivity contribution is 0.149. The Morgan fingerprint density at radius 3 is 2.93 bits per heavy atom. The third-order valence-corrected chi connectivity index (χ3v) is 2.65. The molecule has 14 heavy (non-hydrogen) atoms. The summed E-state index contributed by atoms with van der Waals surface area (Å²) in [5.41, 5.74) is 5.64. The fourth-order valence-corrected chi connectivity index (χ4v) is 1.71. The van der Waals surface area contributed by atoms with Gasteiger partial charge in [-0.25, -0.2) is 9.97 Å². The summed E-state index contributed by atoms with van der Waals surface area (Å²) in [6.07, 6.45) is 4.26. The Labute approximate surface area is 88.3 Å². The van der Waals surface area contributed by atoms with E-state index in [1.165, 1.54) is 0 Å². The highest BCUT2D eigenvalue weighted by atomic mass is 32.2. The van der Waals surface area contributed by atoms with Gasteiger partial charge in [0.15, 0.2) is 5.82 Å². The van der Waals surface area contributed by atoms with Crippen LogP contribution in [0.4, 0.5) is 5.82 Å². The first kappa shape index (κ1) is 11.3. The summed E-state index contributed by atoms with van der Waals surface area (Å²) in [6.45, 7) is 3.56. The number of nitrogens with zero attached hydrogens (tertiary/aromatic N) is 2. The lowest BCUT2D eigenvalue weighted by Crippen LogP contribution is -1.97. The van der Waals surface area contributed by atoms with Gasteiger partial charge in [0, 0.05) is 31.4 Å². The average molecular weight is 213 g/mol. The number of nitrogens with two attached hydrogens (primary N) is 1. The maximum absolute atomic E-state index is 5.64. The molecular weight excluding hydrogens is 198 g/mol. The van der Waals surface area contributed by atoms with Crippen LogP contribution in [0.1, 0.15) is 13.3 Å². The van der Waals surface area contributed by atoms with Crippen molar-refractivity contribution in [2.45, 2.75) is 18.4 Å². The third-order valence-electron chi connectivity index (χ3n) is 1.57. The van der Waals surface area contributed by atoms with Crippen LogP contribution < -0.4 is 5.73 Å². The molecule has 4 nitrogen and oxygen atoms in total. The molecule has 0 saturated heterocycles. The number of nitrogen functional groups attached to an aromatic ring is 1. The van der Waals surface area contributed by atoms with Crippen molar-refractivity contribution in [3.8, 4) is 0 Å². The fraction of sp³-hybridized carbons (Fsp3) is 0.556. The van der Waals surface area contributed by atoms with Crippen LogP contribution in [-0.4, -0.2) is 28.9 Å². The maximum atomic E-state index is 5.64. The van der Waals surface area contributed by atoms with Crippen molar-refractivity contribution >= 4 is 17.6 Å². The van der Waals surface area contributed by atoms with Crippen LogP contribution in [0.2, 0.25) is 0 Å². The molecule has 0 radical (unpaired) electrons. The van der Waals surface area contributed by atoms with Crippen molar-refractivity contribution in [1.82, 2.24) is 9.97 Å². The molecule has 0 aliphatic rings. The Hall–Kier alpha value is -0.810. The number of thioether (sulfide) groups is 1. The molecule has 0 saturated carbocycles. The van der Waals surface area contributed by atoms with Crippen molar-refractivity contribution in [3.63, 3.8) is 0 Å². The first-order chi connectivity index (χ1) is 6.84. The Kier molecular flexibility index (Phi) is 5.32. The summed E-state index contributed by atoms with van der Waals surface area (Å²) in [5.74, 6) is 1.47. The van der Waals surface area contributed by atoms with Gasteiger partial charge in [0.05, 0.1) is 0 Å². The fourth-order valence-electron chi connectivity index (χ4n) is 0.921. The molecule has 0 bridgehead atoms. The molecule has 1 aromatic rings. The van der Waals surface area contributed by atoms with Gasteiger partial charge in [0.1, 0.15) is 5.03 Å². The van der Waals surface area contributed by atoms with E-state index in [2.05, 4.69) is 9.97 Å². The molecule has 5 heteroatoms. The van der Waals surface area contributed by atoms with Gasteiger partial charge in [-0.15, -0.1) is 11.8 Å². The van der Waals surface area contributed by atoms with Gasteiger partial charge in [-0.3, -0.25) is 0 Å². The number of hydrogen-bond donors (Lipinski definition) is 1. The van der Waals surface area contributed by atoms with Gasteiger partial charge < -0.3 is 10.5 Å². The molecule has 78 valence electrons. The van der Waals surface area contributed by atoms with Crippen LogP contribution in [-0.2, 0) is 4.74 Å². The summed E-state index contributed by atoms with van der Waals surface area (Å²) >= 11 is 1.62. The molecule has 0 fully saturated rings.